The Balaban J connectivity index is 1.64. The van der Waals surface area contributed by atoms with E-state index in [2.05, 4.69) is 69.3 Å². The molecule has 1 saturated carbocycles. The molecule has 3 nitrogen and oxygen atoms in total. The normalized spacial score (nSPS) is 34.3. The highest BCUT2D eigenvalue weighted by Crippen LogP contribution is 2.51. The fourth-order valence-electron chi connectivity index (χ4n) is 5.27. The van der Waals surface area contributed by atoms with E-state index in [0.29, 0.717) is 17.8 Å². The smallest absolute Gasteiger partial charge is 0.123 e. The Morgan fingerprint density at radius 1 is 1.24 bits per heavy atom. The summed E-state index contributed by atoms with van der Waals surface area (Å²) in [5.74, 6) is 3.85. The Bertz CT molecular complexity index is 573. The van der Waals surface area contributed by atoms with Gasteiger partial charge >= 0.3 is 0 Å². The molecule has 1 aliphatic carbocycles. The van der Waals surface area contributed by atoms with Crippen LogP contribution in [0.4, 0.5) is 0 Å². The quantitative estimate of drug-likeness (QED) is 0.794. The number of para-hydroxylation sites is 1. The van der Waals surface area contributed by atoms with E-state index in [1.54, 1.807) is 0 Å². The van der Waals surface area contributed by atoms with Gasteiger partial charge in [0, 0.05) is 5.92 Å². The van der Waals surface area contributed by atoms with Crippen LogP contribution < -0.4 is 10.1 Å². The molecule has 0 saturated heterocycles. The number of fused-ring (bicyclic) bond motifs is 2. The number of nitrogens with one attached hydrogen (secondary N) is 1. The van der Waals surface area contributed by atoms with Gasteiger partial charge in [-0.1, -0.05) is 32.0 Å². The van der Waals surface area contributed by atoms with E-state index >= 15 is 0 Å². The van der Waals surface area contributed by atoms with Crippen LogP contribution in [0.15, 0.2) is 24.3 Å². The molecule has 1 aliphatic heterocycles. The highest BCUT2D eigenvalue weighted by molar-refractivity contribution is 5.37. The molecular formula is C22H36N2O. The van der Waals surface area contributed by atoms with Gasteiger partial charge < -0.3 is 15.0 Å². The molecule has 1 aromatic carbocycles. The maximum Gasteiger partial charge on any atom is 0.123 e. The molecule has 1 heterocycles. The third-order valence-corrected chi connectivity index (χ3v) is 6.65. The second-order valence-electron chi connectivity index (χ2n) is 8.90. The summed E-state index contributed by atoms with van der Waals surface area (Å²) in [6, 6.07) is 8.63. The summed E-state index contributed by atoms with van der Waals surface area (Å²) in [5.41, 5.74) is 1.39. The molecule has 0 bridgehead atoms. The van der Waals surface area contributed by atoms with E-state index in [9.17, 15) is 0 Å². The lowest BCUT2D eigenvalue weighted by molar-refractivity contribution is -0.0887. The van der Waals surface area contributed by atoms with Crippen molar-refractivity contribution < 1.29 is 4.74 Å². The largest absolute Gasteiger partial charge is 0.487 e. The topological polar surface area (TPSA) is 24.5 Å². The predicted molar refractivity (Wildman–Crippen MR) is 105 cm³/mol. The molecule has 1 N–H and O–H groups in total. The molecule has 0 spiro atoms. The van der Waals surface area contributed by atoms with Crippen molar-refractivity contribution in [1.29, 1.82) is 0 Å². The van der Waals surface area contributed by atoms with E-state index in [4.69, 9.17) is 4.74 Å². The molecule has 3 rings (SSSR count). The summed E-state index contributed by atoms with van der Waals surface area (Å²) in [5, 5.41) is 3.73. The third-order valence-electron chi connectivity index (χ3n) is 6.65. The fourth-order valence-corrected chi connectivity index (χ4v) is 5.27. The molecular weight excluding hydrogens is 308 g/mol. The van der Waals surface area contributed by atoms with Gasteiger partial charge in [0.2, 0.25) is 0 Å². The van der Waals surface area contributed by atoms with Gasteiger partial charge in [-0.2, -0.15) is 0 Å². The standard InChI is InChI=1S/C22H36N2O/c1-16-14-22(3)20(13-18-9-6-7-10-21(18)25-22)17(2)19(16)15-23-11-8-12-24(4)5/h6-7,9-10,16-17,19-20,23H,8,11-15H2,1-5H3/t16-,17-,19+,20+,22-/m0/s1. The Hall–Kier alpha value is -1.06. The van der Waals surface area contributed by atoms with Crippen LogP contribution in [-0.4, -0.2) is 44.2 Å². The predicted octanol–water partition coefficient (Wildman–Crippen LogP) is 3.83. The van der Waals surface area contributed by atoms with Crippen LogP contribution in [0.3, 0.4) is 0 Å². The van der Waals surface area contributed by atoms with Crippen molar-refractivity contribution in [3.63, 3.8) is 0 Å². The van der Waals surface area contributed by atoms with Gasteiger partial charge in [0.1, 0.15) is 11.4 Å². The van der Waals surface area contributed by atoms with Crippen LogP contribution in [0.5, 0.6) is 5.75 Å². The fraction of sp³-hybridized carbons (Fsp3) is 0.727. The van der Waals surface area contributed by atoms with Gasteiger partial charge in [-0.25, -0.2) is 0 Å². The van der Waals surface area contributed by atoms with Crippen LogP contribution in [0.25, 0.3) is 0 Å². The lowest BCUT2D eigenvalue weighted by Gasteiger charge is -2.53. The maximum atomic E-state index is 6.56. The van der Waals surface area contributed by atoms with Gasteiger partial charge in [0.25, 0.3) is 0 Å². The van der Waals surface area contributed by atoms with E-state index in [0.717, 1.165) is 37.7 Å². The molecule has 3 heteroatoms. The van der Waals surface area contributed by atoms with Crippen LogP contribution in [0.2, 0.25) is 0 Å². The van der Waals surface area contributed by atoms with Crippen LogP contribution >= 0.6 is 0 Å². The lowest BCUT2D eigenvalue weighted by Crippen LogP contribution is -2.56. The van der Waals surface area contributed by atoms with E-state index in [1.807, 2.05) is 0 Å². The summed E-state index contributed by atoms with van der Waals surface area (Å²) in [6.45, 7) is 10.7. The molecule has 0 radical (unpaired) electrons. The van der Waals surface area contributed by atoms with Crippen molar-refractivity contribution in [2.45, 2.75) is 45.6 Å². The second-order valence-corrected chi connectivity index (χ2v) is 8.90. The van der Waals surface area contributed by atoms with E-state index < -0.39 is 0 Å². The summed E-state index contributed by atoms with van der Waals surface area (Å²) < 4.78 is 6.56. The molecule has 25 heavy (non-hydrogen) atoms. The van der Waals surface area contributed by atoms with Gasteiger partial charge in [0.15, 0.2) is 0 Å². The molecule has 1 fully saturated rings. The SMILES string of the molecule is C[C@H]1[C@H](CNCCCN(C)C)[C@@H](C)C[C@]2(C)Oc3ccccc3C[C@H]12. The van der Waals surface area contributed by atoms with Crippen molar-refractivity contribution in [3.8, 4) is 5.75 Å². The maximum absolute atomic E-state index is 6.56. The number of nitrogens with zero attached hydrogens (tertiary/aromatic N) is 1. The van der Waals surface area contributed by atoms with E-state index in [-0.39, 0.29) is 5.60 Å². The zero-order valence-corrected chi connectivity index (χ0v) is 16.7. The molecule has 2 aliphatic rings. The first-order chi connectivity index (χ1) is 11.9. The van der Waals surface area contributed by atoms with Crippen molar-refractivity contribution in [2.75, 3.05) is 33.7 Å². The van der Waals surface area contributed by atoms with Gasteiger partial charge in [-0.3, -0.25) is 0 Å². The van der Waals surface area contributed by atoms with Gasteiger partial charge in [0.05, 0.1) is 0 Å². The first-order valence-electron chi connectivity index (χ1n) is 10.0. The van der Waals surface area contributed by atoms with Gasteiger partial charge in [-0.15, -0.1) is 0 Å². The van der Waals surface area contributed by atoms with Crippen molar-refractivity contribution in [2.24, 2.45) is 23.7 Å². The van der Waals surface area contributed by atoms with Crippen LogP contribution in [0.1, 0.15) is 39.2 Å². The monoisotopic (exact) mass is 344 g/mol. The van der Waals surface area contributed by atoms with Crippen molar-refractivity contribution in [1.82, 2.24) is 10.2 Å². The molecule has 0 aromatic heterocycles. The average molecular weight is 345 g/mol. The zero-order chi connectivity index (χ0) is 18.0. The van der Waals surface area contributed by atoms with Gasteiger partial charge in [-0.05, 0) is 89.3 Å². The molecule has 5 atom stereocenters. The second kappa shape index (κ2) is 7.67. The minimum Gasteiger partial charge on any atom is -0.487 e. The minimum atomic E-state index is -0.00535. The first kappa shape index (κ1) is 18.7. The molecule has 1 aromatic rings. The number of ether oxygens (including phenoxy) is 1. The van der Waals surface area contributed by atoms with Crippen LogP contribution in [-0.2, 0) is 6.42 Å². The molecule has 140 valence electrons. The Morgan fingerprint density at radius 3 is 2.76 bits per heavy atom. The minimum absolute atomic E-state index is 0.00535. The average Bonchev–Trinajstić information content (AvgIpc) is 2.55. The molecule has 0 unspecified atom stereocenters. The highest BCUT2D eigenvalue weighted by Gasteiger charge is 2.51. The Morgan fingerprint density at radius 2 is 2.00 bits per heavy atom. The van der Waals surface area contributed by atoms with Crippen molar-refractivity contribution in [3.05, 3.63) is 29.8 Å². The highest BCUT2D eigenvalue weighted by atomic mass is 16.5. The third kappa shape index (κ3) is 4.03. The molecule has 0 amide bonds. The summed E-state index contributed by atoms with van der Waals surface area (Å²) >= 11 is 0. The number of rotatable bonds is 6. The Kier molecular flexibility index (Phi) is 5.75. The number of benzene rings is 1. The first-order valence-corrected chi connectivity index (χ1v) is 10.0. The lowest BCUT2D eigenvalue weighted by atomic mass is 9.59. The van der Waals surface area contributed by atoms with Crippen molar-refractivity contribution >= 4 is 0 Å². The number of hydrogen-bond donors (Lipinski definition) is 1. The van der Waals surface area contributed by atoms with E-state index in [1.165, 1.54) is 18.4 Å². The van der Waals surface area contributed by atoms with Crippen LogP contribution in [0, 0.1) is 23.7 Å². The Labute approximate surface area is 154 Å². The summed E-state index contributed by atoms with van der Waals surface area (Å²) in [6.07, 6.45) is 3.55. The number of hydrogen-bond acceptors (Lipinski definition) is 3. The zero-order valence-electron chi connectivity index (χ0n) is 16.7. The summed E-state index contributed by atoms with van der Waals surface area (Å²) in [4.78, 5) is 2.26. The summed E-state index contributed by atoms with van der Waals surface area (Å²) in [7, 11) is 4.29.